The van der Waals surface area contributed by atoms with Gasteiger partial charge in [0.15, 0.2) is 18.1 Å². The van der Waals surface area contributed by atoms with Crippen LogP contribution in [-0.4, -0.2) is 31.7 Å². The molecular weight excluding hydrogens is 353 g/mol. The molecule has 0 radical (unpaired) electrons. The molecule has 0 saturated carbocycles. The van der Waals surface area contributed by atoms with E-state index >= 15 is 0 Å². The molecule has 0 spiro atoms. The summed E-state index contributed by atoms with van der Waals surface area (Å²) >= 11 is 0. The van der Waals surface area contributed by atoms with Crippen molar-refractivity contribution >= 4 is 23.6 Å². The van der Waals surface area contributed by atoms with E-state index in [2.05, 4.69) is 5.32 Å². The number of benzene rings is 2. The van der Waals surface area contributed by atoms with Crippen LogP contribution >= 0.6 is 0 Å². The van der Waals surface area contributed by atoms with E-state index in [9.17, 15) is 14.0 Å². The standard InChI is InChI=1S/C20H18FNO5/c21-15-4-6-16(7-5-15)22-19(23)13-27-20(24)9-3-14-2-8-17-18(12-14)26-11-1-10-25-17/h2-9,12H,1,10-11,13H2,(H,22,23)/b9-3+. The van der Waals surface area contributed by atoms with Crippen molar-refractivity contribution in [3.63, 3.8) is 0 Å². The molecule has 0 aliphatic carbocycles. The number of hydrogen-bond acceptors (Lipinski definition) is 5. The fourth-order valence-corrected chi connectivity index (χ4v) is 2.36. The Morgan fingerprint density at radius 2 is 1.81 bits per heavy atom. The Morgan fingerprint density at radius 3 is 2.59 bits per heavy atom. The summed E-state index contributed by atoms with van der Waals surface area (Å²) in [5.41, 5.74) is 1.16. The topological polar surface area (TPSA) is 73.9 Å². The van der Waals surface area contributed by atoms with Gasteiger partial charge in [-0.15, -0.1) is 0 Å². The maximum atomic E-state index is 12.8. The molecule has 0 saturated heterocycles. The van der Waals surface area contributed by atoms with E-state index in [1.54, 1.807) is 24.3 Å². The molecule has 1 amide bonds. The summed E-state index contributed by atoms with van der Waals surface area (Å²) in [7, 11) is 0. The average Bonchev–Trinajstić information content (AvgIpc) is 2.91. The van der Waals surface area contributed by atoms with Gasteiger partial charge in [0.05, 0.1) is 13.2 Å². The third kappa shape index (κ3) is 5.57. The van der Waals surface area contributed by atoms with Gasteiger partial charge < -0.3 is 19.5 Å². The molecule has 0 unspecified atom stereocenters. The summed E-state index contributed by atoms with van der Waals surface area (Å²) in [4.78, 5) is 23.5. The quantitative estimate of drug-likeness (QED) is 0.645. The normalized spacial score (nSPS) is 13.1. The lowest BCUT2D eigenvalue weighted by molar-refractivity contribution is -0.142. The number of carbonyl (C=O) groups excluding carboxylic acids is 2. The minimum absolute atomic E-state index is 0.403. The van der Waals surface area contributed by atoms with E-state index in [0.717, 1.165) is 12.0 Å². The molecule has 140 valence electrons. The number of esters is 1. The summed E-state index contributed by atoms with van der Waals surface area (Å²) in [6.45, 7) is 0.738. The maximum absolute atomic E-state index is 12.8. The van der Waals surface area contributed by atoms with Crippen LogP contribution in [-0.2, 0) is 14.3 Å². The third-order valence-corrected chi connectivity index (χ3v) is 3.66. The van der Waals surface area contributed by atoms with Crippen molar-refractivity contribution in [2.75, 3.05) is 25.1 Å². The van der Waals surface area contributed by atoms with Crippen LogP contribution in [0.5, 0.6) is 11.5 Å². The van der Waals surface area contributed by atoms with Crippen molar-refractivity contribution in [3.05, 3.63) is 59.9 Å². The van der Waals surface area contributed by atoms with Gasteiger partial charge in [0, 0.05) is 18.2 Å². The Morgan fingerprint density at radius 1 is 1.07 bits per heavy atom. The number of amides is 1. The summed E-state index contributed by atoms with van der Waals surface area (Å²) in [6.07, 6.45) is 3.60. The van der Waals surface area contributed by atoms with Crippen LogP contribution < -0.4 is 14.8 Å². The smallest absolute Gasteiger partial charge is 0.331 e. The van der Waals surface area contributed by atoms with Gasteiger partial charge in [-0.3, -0.25) is 4.79 Å². The molecule has 3 rings (SSSR count). The summed E-state index contributed by atoms with van der Waals surface area (Å²) in [5, 5.41) is 2.50. The fraction of sp³-hybridized carbons (Fsp3) is 0.200. The van der Waals surface area contributed by atoms with E-state index in [4.69, 9.17) is 14.2 Å². The van der Waals surface area contributed by atoms with Gasteiger partial charge in [0.2, 0.25) is 0 Å². The Kier molecular flexibility index (Phi) is 6.04. The van der Waals surface area contributed by atoms with Crippen LogP contribution in [0.3, 0.4) is 0 Å². The van der Waals surface area contributed by atoms with E-state index in [0.29, 0.717) is 30.4 Å². The van der Waals surface area contributed by atoms with Crippen LogP contribution in [0.15, 0.2) is 48.5 Å². The van der Waals surface area contributed by atoms with Crippen molar-refractivity contribution in [3.8, 4) is 11.5 Å². The summed E-state index contributed by atoms with van der Waals surface area (Å²) in [5.74, 6) is -0.277. The average molecular weight is 371 g/mol. The summed E-state index contributed by atoms with van der Waals surface area (Å²) in [6, 6.07) is 10.6. The van der Waals surface area contributed by atoms with Gasteiger partial charge in [-0.05, 0) is 48.0 Å². The van der Waals surface area contributed by atoms with Crippen molar-refractivity contribution in [2.24, 2.45) is 0 Å². The second-order valence-corrected chi connectivity index (χ2v) is 5.75. The Balaban J connectivity index is 1.49. The maximum Gasteiger partial charge on any atom is 0.331 e. The van der Waals surface area contributed by atoms with Crippen LogP contribution in [0.25, 0.3) is 6.08 Å². The second-order valence-electron chi connectivity index (χ2n) is 5.75. The molecule has 0 aromatic heterocycles. The van der Waals surface area contributed by atoms with E-state index in [1.807, 2.05) is 0 Å². The van der Waals surface area contributed by atoms with Gasteiger partial charge in [0.25, 0.3) is 5.91 Å². The molecule has 1 aliphatic rings. The van der Waals surface area contributed by atoms with Gasteiger partial charge in [0.1, 0.15) is 5.82 Å². The molecule has 0 bridgehead atoms. The highest BCUT2D eigenvalue weighted by Gasteiger charge is 2.10. The highest BCUT2D eigenvalue weighted by atomic mass is 19.1. The number of anilines is 1. The van der Waals surface area contributed by atoms with Gasteiger partial charge in [-0.25, -0.2) is 9.18 Å². The number of hydrogen-bond donors (Lipinski definition) is 1. The first-order chi connectivity index (χ1) is 13.1. The molecule has 1 N–H and O–H groups in total. The lowest BCUT2D eigenvalue weighted by atomic mass is 10.2. The molecule has 6 nitrogen and oxygen atoms in total. The first-order valence-electron chi connectivity index (χ1n) is 8.40. The molecule has 27 heavy (non-hydrogen) atoms. The van der Waals surface area contributed by atoms with Crippen LogP contribution in [0.2, 0.25) is 0 Å². The molecular formula is C20H18FNO5. The van der Waals surface area contributed by atoms with Crippen LogP contribution in [0.1, 0.15) is 12.0 Å². The lowest BCUT2D eigenvalue weighted by Crippen LogP contribution is -2.20. The van der Waals surface area contributed by atoms with Crippen molar-refractivity contribution in [1.82, 2.24) is 0 Å². The highest BCUT2D eigenvalue weighted by Crippen LogP contribution is 2.30. The molecule has 1 aliphatic heterocycles. The van der Waals surface area contributed by atoms with Crippen molar-refractivity contribution in [2.45, 2.75) is 6.42 Å². The zero-order valence-electron chi connectivity index (χ0n) is 14.4. The van der Waals surface area contributed by atoms with E-state index in [-0.39, 0.29) is 0 Å². The lowest BCUT2D eigenvalue weighted by Gasteiger charge is -2.07. The predicted molar refractivity (Wildman–Crippen MR) is 97.1 cm³/mol. The molecule has 2 aromatic rings. The SMILES string of the molecule is O=C(COC(=O)/C=C/c1ccc2c(c1)OCCCO2)Nc1ccc(F)cc1. The van der Waals surface area contributed by atoms with Gasteiger partial charge in [-0.1, -0.05) is 6.07 Å². The number of fused-ring (bicyclic) bond motifs is 1. The second kappa shape index (κ2) is 8.84. The molecule has 7 heteroatoms. The zero-order chi connectivity index (χ0) is 19.1. The number of carbonyl (C=O) groups is 2. The van der Waals surface area contributed by atoms with Crippen LogP contribution in [0.4, 0.5) is 10.1 Å². The largest absolute Gasteiger partial charge is 0.490 e. The minimum Gasteiger partial charge on any atom is -0.490 e. The van der Waals surface area contributed by atoms with E-state index in [1.165, 1.54) is 30.3 Å². The molecule has 2 aromatic carbocycles. The monoisotopic (exact) mass is 371 g/mol. The van der Waals surface area contributed by atoms with Crippen molar-refractivity contribution < 1.29 is 28.2 Å². The van der Waals surface area contributed by atoms with Crippen molar-refractivity contribution in [1.29, 1.82) is 0 Å². The van der Waals surface area contributed by atoms with Gasteiger partial charge >= 0.3 is 5.97 Å². The first-order valence-corrected chi connectivity index (χ1v) is 8.40. The molecule has 1 heterocycles. The van der Waals surface area contributed by atoms with Gasteiger partial charge in [-0.2, -0.15) is 0 Å². The number of rotatable bonds is 5. The predicted octanol–water partition coefficient (Wildman–Crippen LogP) is 3.18. The zero-order valence-corrected chi connectivity index (χ0v) is 14.4. The Hall–Kier alpha value is -3.35. The minimum atomic E-state index is -0.656. The first kappa shape index (κ1) is 18.4. The third-order valence-electron chi connectivity index (χ3n) is 3.66. The highest BCUT2D eigenvalue weighted by molar-refractivity contribution is 5.94. The van der Waals surface area contributed by atoms with E-state index < -0.39 is 24.3 Å². The number of nitrogens with one attached hydrogen (secondary N) is 1. The number of ether oxygens (including phenoxy) is 3. The molecule has 0 atom stereocenters. The Bertz CT molecular complexity index is 848. The Labute approximate surface area is 155 Å². The summed E-state index contributed by atoms with van der Waals surface area (Å²) < 4.78 is 28.8. The van der Waals surface area contributed by atoms with Crippen LogP contribution in [0, 0.1) is 5.82 Å². The number of halogens is 1. The fourth-order valence-electron chi connectivity index (χ4n) is 2.36. The molecule has 0 fully saturated rings.